The molecule has 0 fully saturated rings. The molecule has 4 nitrogen and oxygen atoms in total. The van der Waals surface area contributed by atoms with E-state index in [1.165, 1.54) is 5.56 Å². The van der Waals surface area contributed by atoms with Gasteiger partial charge in [0.2, 0.25) is 5.56 Å². The van der Waals surface area contributed by atoms with Crippen LogP contribution in [-0.4, -0.2) is 9.97 Å². The Morgan fingerprint density at radius 1 is 1.32 bits per heavy atom. The van der Waals surface area contributed by atoms with Crippen molar-refractivity contribution in [2.24, 2.45) is 0 Å². The first-order valence-electron chi connectivity index (χ1n) is 6.68. The lowest BCUT2D eigenvalue weighted by atomic mass is 9.91. The van der Waals surface area contributed by atoms with Crippen LogP contribution in [0.2, 0.25) is 0 Å². The van der Waals surface area contributed by atoms with E-state index in [1.54, 1.807) is 6.07 Å². The Morgan fingerprint density at radius 3 is 3.11 bits per heavy atom. The highest BCUT2D eigenvalue weighted by molar-refractivity contribution is 5.26. The van der Waals surface area contributed by atoms with Crippen molar-refractivity contribution in [1.82, 2.24) is 15.3 Å². The molecular formula is C15H17N3O. The van der Waals surface area contributed by atoms with Crippen LogP contribution in [0.4, 0.5) is 0 Å². The molecule has 0 amide bonds. The molecule has 1 unspecified atom stereocenters. The number of aromatic nitrogens is 2. The minimum atomic E-state index is -0.0101. The van der Waals surface area contributed by atoms with Crippen LogP contribution in [0.25, 0.3) is 0 Å². The molecule has 1 aliphatic carbocycles. The van der Waals surface area contributed by atoms with Crippen molar-refractivity contribution >= 4 is 0 Å². The summed E-state index contributed by atoms with van der Waals surface area (Å²) in [5, 5.41) is 3.53. The molecule has 3 rings (SSSR count). The van der Waals surface area contributed by atoms with Crippen LogP contribution in [0.5, 0.6) is 0 Å². The Labute approximate surface area is 111 Å². The van der Waals surface area contributed by atoms with Crippen molar-refractivity contribution in [2.45, 2.75) is 31.8 Å². The molecule has 2 N–H and O–H groups in total. The van der Waals surface area contributed by atoms with Gasteiger partial charge in [-0.15, -0.1) is 0 Å². The number of pyridine rings is 2. The van der Waals surface area contributed by atoms with E-state index in [4.69, 9.17) is 0 Å². The fourth-order valence-electron chi connectivity index (χ4n) is 2.64. The zero-order valence-corrected chi connectivity index (χ0v) is 10.7. The molecule has 2 heterocycles. The molecule has 2 aromatic heterocycles. The summed E-state index contributed by atoms with van der Waals surface area (Å²) in [6.45, 7) is 0.754. The number of fused-ring (bicyclic) bond motifs is 1. The number of hydrogen-bond donors (Lipinski definition) is 2. The maximum atomic E-state index is 11.3. The summed E-state index contributed by atoms with van der Waals surface area (Å²) in [5.74, 6) is 0. The summed E-state index contributed by atoms with van der Waals surface area (Å²) in [7, 11) is 0. The molecule has 0 radical (unpaired) electrons. The van der Waals surface area contributed by atoms with Gasteiger partial charge in [-0.25, -0.2) is 0 Å². The summed E-state index contributed by atoms with van der Waals surface area (Å²) in [5.41, 5.74) is 3.34. The standard InChI is InChI=1S/C15H17N3O/c19-15-8-7-12-13(5-3-6-14(12)18-15)17-10-11-4-1-2-9-16-11/h1-2,4,7-9,13,17H,3,5-6,10H2,(H,18,19). The second kappa shape index (κ2) is 5.36. The number of hydrogen-bond acceptors (Lipinski definition) is 3. The zero-order chi connectivity index (χ0) is 13.1. The van der Waals surface area contributed by atoms with Gasteiger partial charge in [-0.05, 0) is 37.0 Å². The third-order valence-corrected chi connectivity index (χ3v) is 3.59. The van der Waals surface area contributed by atoms with Gasteiger partial charge >= 0.3 is 0 Å². The molecule has 98 valence electrons. The van der Waals surface area contributed by atoms with Crippen molar-refractivity contribution in [3.63, 3.8) is 0 Å². The van der Waals surface area contributed by atoms with Crippen molar-refractivity contribution in [3.05, 3.63) is 63.8 Å². The van der Waals surface area contributed by atoms with Crippen molar-refractivity contribution in [1.29, 1.82) is 0 Å². The van der Waals surface area contributed by atoms with Crippen LogP contribution in [0, 0.1) is 0 Å². The SMILES string of the molecule is O=c1ccc2c([nH]1)CCCC2NCc1ccccn1. The second-order valence-corrected chi connectivity index (χ2v) is 4.90. The van der Waals surface area contributed by atoms with Gasteiger partial charge in [0.15, 0.2) is 0 Å². The van der Waals surface area contributed by atoms with Gasteiger partial charge in [0.25, 0.3) is 0 Å². The second-order valence-electron chi connectivity index (χ2n) is 4.90. The lowest BCUT2D eigenvalue weighted by Crippen LogP contribution is -2.27. The molecule has 2 aromatic rings. The quantitative estimate of drug-likeness (QED) is 0.881. The summed E-state index contributed by atoms with van der Waals surface area (Å²) in [6, 6.07) is 9.80. The third-order valence-electron chi connectivity index (χ3n) is 3.59. The average Bonchev–Trinajstić information content (AvgIpc) is 2.45. The topological polar surface area (TPSA) is 57.8 Å². The Hall–Kier alpha value is -1.94. The van der Waals surface area contributed by atoms with Crippen molar-refractivity contribution in [2.75, 3.05) is 0 Å². The van der Waals surface area contributed by atoms with Gasteiger partial charge in [-0.3, -0.25) is 9.78 Å². The molecule has 0 spiro atoms. The van der Waals surface area contributed by atoms with Gasteiger partial charge in [0.05, 0.1) is 5.69 Å². The Kier molecular flexibility index (Phi) is 3.42. The predicted octanol–water partition coefficient (Wildman–Crippen LogP) is 1.94. The summed E-state index contributed by atoms with van der Waals surface area (Å²) < 4.78 is 0. The molecule has 0 aliphatic heterocycles. The molecule has 0 aromatic carbocycles. The van der Waals surface area contributed by atoms with Gasteiger partial charge in [-0.1, -0.05) is 12.1 Å². The Balaban J connectivity index is 1.75. The number of nitrogens with one attached hydrogen (secondary N) is 2. The van der Waals surface area contributed by atoms with E-state index >= 15 is 0 Å². The molecule has 4 heteroatoms. The maximum absolute atomic E-state index is 11.3. The van der Waals surface area contributed by atoms with Crippen LogP contribution < -0.4 is 10.9 Å². The molecule has 19 heavy (non-hydrogen) atoms. The first-order chi connectivity index (χ1) is 9.33. The zero-order valence-electron chi connectivity index (χ0n) is 10.7. The normalized spacial score (nSPS) is 18.0. The minimum Gasteiger partial charge on any atom is -0.326 e. The van der Waals surface area contributed by atoms with E-state index in [0.29, 0.717) is 6.04 Å². The van der Waals surface area contributed by atoms with E-state index in [0.717, 1.165) is 37.2 Å². The first kappa shape index (κ1) is 12.1. The molecule has 1 aliphatic rings. The van der Waals surface area contributed by atoms with E-state index in [1.807, 2.05) is 30.5 Å². The summed E-state index contributed by atoms with van der Waals surface area (Å²) >= 11 is 0. The van der Waals surface area contributed by atoms with Crippen LogP contribution in [0.3, 0.4) is 0 Å². The number of H-pyrrole nitrogens is 1. The molecule has 0 saturated heterocycles. The largest absolute Gasteiger partial charge is 0.326 e. The molecule has 0 saturated carbocycles. The van der Waals surface area contributed by atoms with Crippen molar-refractivity contribution in [3.8, 4) is 0 Å². The fourth-order valence-corrected chi connectivity index (χ4v) is 2.64. The van der Waals surface area contributed by atoms with E-state index in [2.05, 4.69) is 15.3 Å². The number of aromatic amines is 1. The van der Waals surface area contributed by atoms with Gasteiger partial charge < -0.3 is 10.3 Å². The highest BCUT2D eigenvalue weighted by Gasteiger charge is 2.20. The monoisotopic (exact) mass is 255 g/mol. The fraction of sp³-hybridized carbons (Fsp3) is 0.333. The van der Waals surface area contributed by atoms with Crippen molar-refractivity contribution < 1.29 is 0 Å². The Morgan fingerprint density at radius 2 is 2.26 bits per heavy atom. The van der Waals surface area contributed by atoms with E-state index in [9.17, 15) is 4.79 Å². The van der Waals surface area contributed by atoms with E-state index < -0.39 is 0 Å². The van der Waals surface area contributed by atoms with Crippen LogP contribution in [0.1, 0.15) is 35.8 Å². The van der Waals surface area contributed by atoms with Crippen LogP contribution in [-0.2, 0) is 13.0 Å². The van der Waals surface area contributed by atoms with Crippen LogP contribution >= 0.6 is 0 Å². The molecular weight excluding hydrogens is 238 g/mol. The van der Waals surface area contributed by atoms with Gasteiger partial charge in [-0.2, -0.15) is 0 Å². The molecule has 0 bridgehead atoms. The number of rotatable bonds is 3. The average molecular weight is 255 g/mol. The third kappa shape index (κ3) is 2.74. The van der Waals surface area contributed by atoms with Crippen LogP contribution in [0.15, 0.2) is 41.3 Å². The highest BCUT2D eigenvalue weighted by atomic mass is 16.1. The van der Waals surface area contributed by atoms with Gasteiger partial charge in [0.1, 0.15) is 0 Å². The van der Waals surface area contributed by atoms with E-state index in [-0.39, 0.29) is 5.56 Å². The smallest absolute Gasteiger partial charge is 0.248 e. The van der Waals surface area contributed by atoms with Gasteiger partial charge in [0, 0.05) is 30.5 Å². The maximum Gasteiger partial charge on any atom is 0.248 e. The number of nitrogens with zero attached hydrogens (tertiary/aromatic N) is 1. The highest BCUT2D eigenvalue weighted by Crippen LogP contribution is 2.27. The Bertz CT molecular complexity index is 606. The first-order valence-corrected chi connectivity index (χ1v) is 6.68. The number of aryl methyl sites for hydroxylation is 1. The summed E-state index contributed by atoms with van der Waals surface area (Å²) in [4.78, 5) is 18.6. The molecule has 1 atom stereocenters. The summed E-state index contributed by atoms with van der Waals surface area (Å²) in [6.07, 6.45) is 4.98. The lowest BCUT2D eigenvalue weighted by molar-refractivity contribution is 0.451. The minimum absolute atomic E-state index is 0.0101. The predicted molar refractivity (Wildman–Crippen MR) is 73.8 cm³/mol. The lowest BCUT2D eigenvalue weighted by Gasteiger charge is -2.25.